The summed E-state index contributed by atoms with van der Waals surface area (Å²) >= 11 is 0. The minimum Gasteiger partial charge on any atom is -0.383 e. The Balaban J connectivity index is 1.71. The van der Waals surface area contributed by atoms with Crippen LogP contribution in [0.4, 0.5) is 10.2 Å². The molecule has 0 spiro atoms. The van der Waals surface area contributed by atoms with Gasteiger partial charge in [0.2, 0.25) is 0 Å². The molecule has 0 radical (unpaired) electrons. The van der Waals surface area contributed by atoms with E-state index >= 15 is 0 Å². The molecular formula is C20H22FN7. The molecule has 3 aromatic rings. The van der Waals surface area contributed by atoms with E-state index in [9.17, 15) is 4.39 Å². The van der Waals surface area contributed by atoms with Gasteiger partial charge in [0.1, 0.15) is 17.5 Å². The van der Waals surface area contributed by atoms with Crippen LogP contribution in [0, 0.1) is 5.82 Å². The van der Waals surface area contributed by atoms with Crippen LogP contribution >= 0.6 is 0 Å². The molecule has 0 amide bonds. The van der Waals surface area contributed by atoms with Gasteiger partial charge >= 0.3 is 0 Å². The van der Waals surface area contributed by atoms with E-state index in [0.29, 0.717) is 11.5 Å². The fourth-order valence-electron chi connectivity index (χ4n) is 4.26. The summed E-state index contributed by atoms with van der Waals surface area (Å²) in [5.41, 5.74) is 9.60. The van der Waals surface area contributed by atoms with E-state index < -0.39 is 0 Å². The Bertz CT molecular complexity index is 1070. The Morgan fingerprint density at radius 2 is 2.14 bits per heavy atom. The van der Waals surface area contributed by atoms with Gasteiger partial charge in [-0.2, -0.15) is 5.10 Å². The number of fused-ring (bicyclic) bond motifs is 5. The zero-order chi connectivity index (χ0) is 19.3. The summed E-state index contributed by atoms with van der Waals surface area (Å²) in [6.45, 7) is 2.90. The number of aromatic nitrogens is 4. The van der Waals surface area contributed by atoms with Crippen LogP contribution in [0.1, 0.15) is 49.0 Å². The Morgan fingerprint density at radius 3 is 3.04 bits per heavy atom. The van der Waals surface area contributed by atoms with Crippen LogP contribution in [0.5, 0.6) is 0 Å². The topological polar surface area (TPSA) is 84.7 Å². The minimum absolute atomic E-state index is 0.0123. The average molecular weight is 379 g/mol. The van der Waals surface area contributed by atoms with E-state index in [1.807, 2.05) is 19.2 Å². The van der Waals surface area contributed by atoms with Gasteiger partial charge in [0.15, 0.2) is 5.65 Å². The van der Waals surface area contributed by atoms with Gasteiger partial charge in [0, 0.05) is 24.5 Å². The Hall–Kier alpha value is -3.03. The SMILES string of the molecule is C[C@@H]1CCc2ncc(F)cc2[C@H]2CCCN2c2ccn3ncc(c3n2)C(N)=N1. The molecule has 2 N–H and O–H groups in total. The van der Waals surface area contributed by atoms with Gasteiger partial charge in [-0.25, -0.2) is 13.9 Å². The number of pyridine rings is 1. The number of hydrogen-bond donors (Lipinski definition) is 1. The Kier molecular flexibility index (Phi) is 3.99. The molecule has 2 bridgehead atoms. The molecule has 0 aromatic carbocycles. The number of aryl methyl sites for hydroxylation is 1. The molecule has 3 aromatic heterocycles. The van der Waals surface area contributed by atoms with Crippen LogP contribution in [0.15, 0.2) is 35.7 Å². The summed E-state index contributed by atoms with van der Waals surface area (Å²) in [5, 5.41) is 4.36. The maximum atomic E-state index is 14.1. The molecule has 28 heavy (non-hydrogen) atoms. The fraction of sp³-hybridized carbons (Fsp3) is 0.400. The number of anilines is 1. The highest BCUT2D eigenvalue weighted by Gasteiger charge is 2.30. The predicted octanol–water partition coefficient (Wildman–Crippen LogP) is 2.64. The molecule has 8 heteroatoms. The van der Waals surface area contributed by atoms with Crippen molar-refractivity contribution < 1.29 is 4.39 Å². The van der Waals surface area contributed by atoms with Gasteiger partial charge in [0.25, 0.3) is 0 Å². The van der Waals surface area contributed by atoms with Gasteiger partial charge in [-0.05, 0) is 50.3 Å². The highest BCUT2D eigenvalue weighted by Crippen LogP contribution is 2.37. The second-order valence-electron chi connectivity index (χ2n) is 7.56. The van der Waals surface area contributed by atoms with Gasteiger partial charge in [0.05, 0.1) is 24.0 Å². The Labute approximate surface area is 162 Å². The van der Waals surface area contributed by atoms with Crippen molar-refractivity contribution in [2.45, 2.75) is 44.7 Å². The molecule has 0 unspecified atom stereocenters. The monoisotopic (exact) mass is 379 g/mol. The van der Waals surface area contributed by atoms with E-state index in [2.05, 4.69) is 20.0 Å². The number of rotatable bonds is 0. The lowest BCUT2D eigenvalue weighted by atomic mass is 9.98. The second-order valence-corrected chi connectivity index (χ2v) is 7.56. The first-order chi connectivity index (χ1) is 13.6. The third-order valence-corrected chi connectivity index (χ3v) is 5.67. The molecule has 144 valence electrons. The molecule has 5 rings (SSSR count). The summed E-state index contributed by atoms with van der Waals surface area (Å²) in [4.78, 5) is 16.1. The lowest BCUT2D eigenvalue weighted by Crippen LogP contribution is -2.25. The summed E-state index contributed by atoms with van der Waals surface area (Å²) in [6.07, 6.45) is 8.40. The van der Waals surface area contributed by atoms with Gasteiger partial charge in [-0.3, -0.25) is 9.98 Å². The summed E-state index contributed by atoms with van der Waals surface area (Å²) < 4.78 is 15.8. The normalized spacial score (nSPS) is 22.2. The van der Waals surface area contributed by atoms with Crippen molar-refractivity contribution >= 4 is 17.3 Å². The van der Waals surface area contributed by atoms with E-state index in [0.717, 1.165) is 54.9 Å². The number of halogens is 1. The van der Waals surface area contributed by atoms with Crippen molar-refractivity contribution in [2.75, 3.05) is 11.4 Å². The zero-order valence-electron chi connectivity index (χ0n) is 15.7. The number of hydrogen-bond acceptors (Lipinski definition) is 6. The van der Waals surface area contributed by atoms with Crippen molar-refractivity contribution in [3.63, 3.8) is 0 Å². The largest absolute Gasteiger partial charge is 0.383 e. The van der Waals surface area contributed by atoms with E-state index in [1.54, 1.807) is 16.8 Å². The minimum atomic E-state index is -0.299. The zero-order valence-corrected chi connectivity index (χ0v) is 15.7. The first-order valence-corrected chi connectivity index (χ1v) is 9.69. The second kappa shape index (κ2) is 6.54. The third-order valence-electron chi connectivity index (χ3n) is 5.67. The number of aliphatic imine (C=N–C) groups is 1. The van der Waals surface area contributed by atoms with Crippen molar-refractivity contribution in [2.24, 2.45) is 10.7 Å². The molecule has 1 saturated heterocycles. The average Bonchev–Trinajstić information content (AvgIpc) is 3.32. The highest BCUT2D eigenvalue weighted by molar-refractivity contribution is 6.02. The maximum Gasteiger partial charge on any atom is 0.168 e. The molecule has 7 nitrogen and oxygen atoms in total. The predicted molar refractivity (Wildman–Crippen MR) is 105 cm³/mol. The van der Waals surface area contributed by atoms with Gasteiger partial charge < -0.3 is 10.6 Å². The Morgan fingerprint density at radius 1 is 1.25 bits per heavy atom. The first-order valence-electron chi connectivity index (χ1n) is 9.69. The van der Waals surface area contributed by atoms with E-state index in [-0.39, 0.29) is 17.9 Å². The summed E-state index contributed by atoms with van der Waals surface area (Å²) in [6, 6.07) is 3.66. The standard InChI is InChI=1S/C20H22FN7/c1-12-4-5-16-14(9-13(21)10-23-16)17-3-2-7-27(17)18-6-8-28-20(26-18)15(11-24-28)19(22)25-12/h6,8-12,17H,2-5,7H2,1H3,(H2,22,25)/t12-,17-/m1/s1. The van der Waals surface area contributed by atoms with E-state index in [4.69, 9.17) is 10.7 Å². The number of nitrogens with zero attached hydrogens (tertiary/aromatic N) is 6. The quantitative estimate of drug-likeness (QED) is 0.649. The smallest absolute Gasteiger partial charge is 0.168 e. The lowest BCUT2D eigenvalue weighted by Gasteiger charge is -2.27. The van der Waals surface area contributed by atoms with Crippen molar-refractivity contribution in [3.05, 3.63) is 53.4 Å². The molecule has 2 aliphatic rings. The molecule has 2 atom stereocenters. The molecule has 0 aliphatic carbocycles. The van der Waals surface area contributed by atoms with Gasteiger partial charge in [-0.1, -0.05) is 0 Å². The molecule has 5 heterocycles. The van der Waals surface area contributed by atoms with Crippen LogP contribution in [0.25, 0.3) is 5.65 Å². The highest BCUT2D eigenvalue weighted by atomic mass is 19.1. The summed E-state index contributed by atoms with van der Waals surface area (Å²) in [7, 11) is 0. The van der Waals surface area contributed by atoms with Crippen molar-refractivity contribution in [1.29, 1.82) is 0 Å². The first kappa shape index (κ1) is 17.1. The van der Waals surface area contributed by atoms with Crippen LogP contribution in [-0.2, 0) is 6.42 Å². The molecule has 0 saturated carbocycles. The van der Waals surface area contributed by atoms with Crippen LogP contribution in [0.3, 0.4) is 0 Å². The molecule has 2 aliphatic heterocycles. The third kappa shape index (κ3) is 2.80. The van der Waals surface area contributed by atoms with Crippen LogP contribution in [-0.4, -0.2) is 38.0 Å². The summed E-state index contributed by atoms with van der Waals surface area (Å²) in [5.74, 6) is 0.982. The van der Waals surface area contributed by atoms with Crippen molar-refractivity contribution in [1.82, 2.24) is 19.6 Å². The van der Waals surface area contributed by atoms with Crippen LogP contribution in [0.2, 0.25) is 0 Å². The van der Waals surface area contributed by atoms with Crippen molar-refractivity contribution in [3.8, 4) is 0 Å². The molecule has 1 fully saturated rings. The number of nitrogens with two attached hydrogens (primary N) is 1. The lowest BCUT2D eigenvalue weighted by molar-refractivity contribution is 0.596. The fourth-order valence-corrected chi connectivity index (χ4v) is 4.26. The van der Waals surface area contributed by atoms with E-state index in [1.165, 1.54) is 6.20 Å². The van der Waals surface area contributed by atoms with Crippen LogP contribution < -0.4 is 10.6 Å². The molecular weight excluding hydrogens is 357 g/mol. The number of amidine groups is 1. The van der Waals surface area contributed by atoms with Gasteiger partial charge in [-0.15, -0.1) is 0 Å². The maximum absolute atomic E-state index is 14.1.